The van der Waals surface area contributed by atoms with Crippen molar-refractivity contribution in [1.82, 2.24) is 15.1 Å². The van der Waals surface area contributed by atoms with Gasteiger partial charge in [-0.15, -0.1) is 0 Å². The molecule has 0 aliphatic rings. The lowest BCUT2D eigenvalue weighted by atomic mass is 10.2. The van der Waals surface area contributed by atoms with Crippen LogP contribution < -0.4 is 5.32 Å². The first-order chi connectivity index (χ1) is 7.83. The van der Waals surface area contributed by atoms with Crippen molar-refractivity contribution in [1.29, 1.82) is 0 Å². The fourth-order valence-electron chi connectivity index (χ4n) is 1.40. The van der Waals surface area contributed by atoms with E-state index in [1.165, 1.54) is 0 Å². The van der Waals surface area contributed by atoms with Gasteiger partial charge in [0.1, 0.15) is 0 Å². The van der Waals surface area contributed by atoms with E-state index in [0.29, 0.717) is 19.3 Å². The molecule has 1 rings (SSSR count). The number of rotatable bonds is 9. The van der Waals surface area contributed by atoms with E-state index in [-0.39, 0.29) is 6.61 Å². The summed E-state index contributed by atoms with van der Waals surface area (Å²) in [4.78, 5) is 0. The number of nitrogens with zero attached hydrogens (tertiary/aromatic N) is 2. The van der Waals surface area contributed by atoms with Gasteiger partial charge in [0.2, 0.25) is 0 Å². The van der Waals surface area contributed by atoms with Crippen LogP contribution in [0.2, 0.25) is 0 Å². The quantitative estimate of drug-likeness (QED) is 0.594. The molecule has 0 fully saturated rings. The maximum atomic E-state index is 8.51. The molecule has 0 aliphatic carbocycles. The highest BCUT2D eigenvalue weighted by Crippen LogP contribution is 1.94. The zero-order chi connectivity index (χ0) is 11.6. The van der Waals surface area contributed by atoms with Crippen LogP contribution >= 0.6 is 0 Å². The van der Waals surface area contributed by atoms with Gasteiger partial charge in [-0.2, -0.15) is 5.10 Å². The summed E-state index contributed by atoms with van der Waals surface area (Å²) >= 11 is 0. The SMILES string of the molecule is CC(CCn1cccn1)NCCOCCO. The molecule has 0 amide bonds. The van der Waals surface area contributed by atoms with Gasteiger partial charge in [0.05, 0.1) is 19.8 Å². The van der Waals surface area contributed by atoms with Crippen molar-refractivity contribution in [3.8, 4) is 0 Å². The second kappa shape index (κ2) is 8.27. The zero-order valence-corrected chi connectivity index (χ0v) is 9.80. The molecule has 5 heteroatoms. The summed E-state index contributed by atoms with van der Waals surface area (Å²) < 4.78 is 7.08. The minimum Gasteiger partial charge on any atom is -0.394 e. The van der Waals surface area contributed by atoms with Gasteiger partial charge < -0.3 is 15.2 Å². The Kier molecular flexibility index (Phi) is 6.80. The van der Waals surface area contributed by atoms with Crippen LogP contribution in [-0.4, -0.2) is 47.3 Å². The second-order valence-corrected chi connectivity index (χ2v) is 3.75. The predicted octanol–water partition coefficient (Wildman–Crippen LogP) is 0.260. The van der Waals surface area contributed by atoms with Crippen LogP contribution in [0.3, 0.4) is 0 Å². The topological polar surface area (TPSA) is 59.3 Å². The van der Waals surface area contributed by atoms with Crippen LogP contribution in [0.25, 0.3) is 0 Å². The first-order valence-corrected chi connectivity index (χ1v) is 5.72. The number of ether oxygens (including phenoxy) is 1. The predicted molar refractivity (Wildman–Crippen MR) is 62.2 cm³/mol. The molecule has 0 aliphatic heterocycles. The van der Waals surface area contributed by atoms with Crippen LogP contribution in [0.1, 0.15) is 13.3 Å². The van der Waals surface area contributed by atoms with Crippen LogP contribution in [0.4, 0.5) is 0 Å². The molecule has 0 saturated carbocycles. The van der Waals surface area contributed by atoms with Crippen LogP contribution in [0.15, 0.2) is 18.5 Å². The summed E-state index contributed by atoms with van der Waals surface area (Å²) in [6.45, 7) is 5.05. The highest BCUT2D eigenvalue weighted by Gasteiger charge is 2.01. The number of hydrogen-bond acceptors (Lipinski definition) is 4. The number of aliphatic hydroxyl groups excluding tert-OH is 1. The van der Waals surface area contributed by atoms with Gasteiger partial charge in [-0.25, -0.2) is 0 Å². The van der Waals surface area contributed by atoms with Crippen molar-refractivity contribution in [3.63, 3.8) is 0 Å². The van der Waals surface area contributed by atoms with Gasteiger partial charge in [-0.3, -0.25) is 4.68 Å². The Labute approximate surface area is 96.4 Å². The first-order valence-electron chi connectivity index (χ1n) is 5.72. The minimum absolute atomic E-state index is 0.0921. The van der Waals surface area contributed by atoms with Crippen LogP contribution in [0.5, 0.6) is 0 Å². The monoisotopic (exact) mass is 227 g/mol. The van der Waals surface area contributed by atoms with Crippen molar-refractivity contribution in [2.24, 2.45) is 0 Å². The van der Waals surface area contributed by atoms with Crippen LogP contribution in [-0.2, 0) is 11.3 Å². The van der Waals surface area contributed by atoms with E-state index in [4.69, 9.17) is 9.84 Å². The minimum atomic E-state index is 0.0921. The third-order valence-electron chi connectivity index (χ3n) is 2.33. The molecule has 0 radical (unpaired) electrons. The Hall–Kier alpha value is -0.910. The van der Waals surface area contributed by atoms with E-state index < -0.39 is 0 Å². The molecule has 2 N–H and O–H groups in total. The molecular formula is C11H21N3O2. The van der Waals surface area contributed by atoms with Crippen LogP contribution in [0, 0.1) is 0 Å². The Morgan fingerprint density at radius 3 is 3.06 bits per heavy atom. The average Bonchev–Trinajstić information content (AvgIpc) is 2.79. The Morgan fingerprint density at radius 1 is 1.50 bits per heavy atom. The largest absolute Gasteiger partial charge is 0.394 e. The van der Waals surface area contributed by atoms with Crippen molar-refractivity contribution in [3.05, 3.63) is 18.5 Å². The molecule has 1 unspecified atom stereocenters. The number of aliphatic hydroxyl groups is 1. The van der Waals surface area contributed by atoms with Gasteiger partial charge in [0.15, 0.2) is 0 Å². The summed E-state index contributed by atoms with van der Waals surface area (Å²) in [6.07, 6.45) is 4.81. The molecule has 0 saturated heterocycles. The number of aryl methyl sites for hydroxylation is 1. The molecule has 0 aromatic carbocycles. The molecule has 0 bridgehead atoms. The van der Waals surface area contributed by atoms with Gasteiger partial charge in [0, 0.05) is 31.5 Å². The molecule has 1 aromatic heterocycles. The standard InChI is InChI=1S/C11H21N3O2/c1-11(12-5-9-16-10-8-15)3-7-14-6-2-4-13-14/h2,4,6,11-12,15H,3,5,7-10H2,1H3. The molecular weight excluding hydrogens is 206 g/mol. The molecule has 92 valence electrons. The van der Waals surface area contributed by atoms with Crippen molar-refractivity contribution < 1.29 is 9.84 Å². The molecule has 16 heavy (non-hydrogen) atoms. The average molecular weight is 227 g/mol. The lowest BCUT2D eigenvalue weighted by Gasteiger charge is -2.13. The van der Waals surface area contributed by atoms with E-state index in [9.17, 15) is 0 Å². The second-order valence-electron chi connectivity index (χ2n) is 3.75. The lowest BCUT2D eigenvalue weighted by Crippen LogP contribution is -2.30. The van der Waals surface area contributed by atoms with Gasteiger partial charge in [-0.05, 0) is 19.4 Å². The molecule has 1 aromatic rings. The van der Waals surface area contributed by atoms with E-state index in [1.807, 2.05) is 16.9 Å². The summed E-state index contributed by atoms with van der Waals surface area (Å²) in [7, 11) is 0. The smallest absolute Gasteiger partial charge is 0.0698 e. The van der Waals surface area contributed by atoms with Crippen molar-refractivity contribution in [2.75, 3.05) is 26.4 Å². The van der Waals surface area contributed by atoms with Crippen molar-refractivity contribution in [2.45, 2.75) is 25.9 Å². The fourth-order valence-corrected chi connectivity index (χ4v) is 1.40. The Bertz CT molecular complexity index is 252. The Morgan fingerprint density at radius 2 is 2.38 bits per heavy atom. The normalized spacial score (nSPS) is 12.9. The molecule has 0 spiro atoms. The zero-order valence-electron chi connectivity index (χ0n) is 9.80. The van der Waals surface area contributed by atoms with E-state index in [2.05, 4.69) is 17.3 Å². The number of hydrogen-bond donors (Lipinski definition) is 2. The maximum Gasteiger partial charge on any atom is 0.0698 e. The Balaban J connectivity index is 1.96. The summed E-state index contributed by atoms with van der Waals surface area (Å²) in [5.74, 6) is 0. The highest BCUT2D eigenvalue weighted by atomic mass is 16.5. The summed E-state index contributed by atoms with van der Waals surface area (Å²) in [6, 6.07) is 2.38. The number of aromatic nitrogens is 2. The first kappa shape index (κ1) is 13.2. The van der Waals surface area contributed by atoms with E-state index in [1.54, 1.807) is 6.20 Å². The van der Waals surface area contributed by atoms with Gasteiger partial charge in [0.25, 0.3) is 0 Å². The van der Waals surface area contributed by atoms with E-state index >= 15 is 0 Å². The molecule has 1 atom stereocenters. The van der Waals surface area contributed by atoms with Gasteiger partial charge >= 0.3 is 0 Å². The maximum absolute atomic E-state index is 8.51. The molecule has 1 heterocycles. The third-order valence-corrected chi connectivity index (χ3v) is 2.33. The third kappa shape index (κ3) is 5.85. The molecule has 5 nitrogen and oxygen atoms in total. The summed E-state index contributed by atoms with van der Waals surface area (Å²) in [5, 5.41) is 16.0. The fraction of sp³-hybridized carbons (Fsp3) is 0.727. The lowest BCUT2D eigenvalue weighted by molar-refractivity contribution is 0.0926. The highest BCUT2D eigenvalue weighted by molar-refractivity contribution is 4.78. The summed E-state index contributed by atoms with van der Waals surface area (Å²) in [5.41, 5.74) is 0. The van der Waals surface area contributed by atoms with Crippen molar-refractivity contribution >= 4 is 0 Å². The van der Waals surface area contributed by atoms with Gasteiger partial charge in [-0.1, -0.05) is 0 Å². The van der Waals surface area contributed by atoms with E-state index in [0.717, 1.165) is 19.5 Å². The number of nitrogens with one attached hydrogen (secondary N) is 1.